The molecule has 0 radical (unpaired) electrons. The van der Waals surface area contributed by atoms with Crippen LogP contribution in [0, 0.1) is 0 Å². The van der Waals surface area contributed by atoms with Crippen molar-refractivity contribution in [1.29, 1.82) is 0 Å². The van der Waals surface area contributed by atoms with E-state index < -0.39 is 0 Å². The largest absolute Gasteiger partial charge is 0.353 e. The van der Waals surface area contributed by atoms with Crippen LogP contribution in [-0.2, 0) is 6.54 Å². The van der Waals surface area contributed by atoms with Crippen LogP contribution in [0.4, 0.5) is 5.82 Å². The van der Waals surface area contributed by atoms with Gasteiger partial charge in [0.15, 0.2) is 0 Å². The first-order valence-corrected chi connectivity index (χ1v) is 8.01. The Balaban J connectivity index is 1.40. The summed E-state index contributed by atoms with van der Waals surface area (Å²) in [6, 6.07) is 9.55. The Morgan fingerprint density at radius 2 is 1.75 bits per heavy atom. The van der Waals surface area contributed by atoms with Crippen LogP contribution in [0.2, 0.25) is 0 Å². The number of nitrogens with one attached hydrogen (secondary N) is 1. The summed E-state index contributed by atoms with van der Waals surface area (Å²) in [5, 5.41) is 6.59. The van der Waals surface area contributed by atoms with Crippen molar-refractivity contribution in [2.75, 3.05) is 31.1 Å². The van der Waals surface area contributed by atoms with E-state index in [-0.39, 0.29) is 5.56 Å². The first-order valence-electron chi connectivity index (χ1n) is 8.01. The maximum absolute atomic E-state index is 11.1. The smallest absolute Gasteiger partial charge is 0.264 e. The van der Waals surface area contributed by atoms with Crippen molar-refractivity contribution in [3.05, 3.63) is 58.6 Å². The third-order valence-electron chi connectivity index (χ3n) is 4.30. The Labute approximate surface area is 139 Å². The number of aromatic nitrogens is 4. The van der Waals surface area contributed by atoms with Crippen molar-refractivity contribution in [3.63, 3.8) is 0 Å². The van der Waals surface area contributed by atoms with Crippen molar-refractivity contribution in [3.8, 4) is 0 Å². The molecule has 1 aliphatic rings. The molecule has 2 aromatic heterocycles. The molecule has 122 valence electrons. The predicted molar refractivity (Wildman–Crippen MR) is 91.9 cm³/mol. The van der Waals surface area contributed by atoms with E-state index in [1.807, 2.05) is 6.07 Å². The number of rotatable bonds is 3. The Morgan fingerprint density at radius 1 is 0.958 bits per heavy atom. The average Bonchev–Trinajstić information content (AvgIpc) is 2.63. The summed E-state index contributed by atoms with van der Waals surface area (Å²) in [5.41, 5.74) is 2.94. The second-order valence-corrected chi connectivity index (χ2v) is 5.92. The lowest BCUT2D eigenvalue weighted by molar-refractivity contribution is 0.249. The highest BCUT2D eigenvalue weighted by Crippen LogP contribution is 2.16. The Hall–Kier alpha value is -2.80. The number of nitrogens with zero attached hydrogens (tertiary/aromatic N) is 5. The molecule has 7 nitrogen and oxygen atoms in total. The molecule has 0 bridgehead atoms. The third kappa shape index (κ3) is 3.11. The van der Waals surface area contributed by atoms with E-state index in [1.54, 1.807) is 18.5 Å². The summed E-state index contributed by atoms with van der Waals surface area (Å²) in [7, 11) is 0. The number of H-pyrrole nitrogens is 1. The van der Waals surface area contributed by atoms with E-state index in [9.17, 15) is 4.79 Å². The lowest BCUT2D eigenvalue weighted by Gasteiger charge is -2.35. The zero-order valence-corrected chi connectivity index (χ0v) is 13.2. The molecule has 0 spiro atoms. The van der Waals surface area contributed by atoms with Crippen LogP contribution in [0.3, 0.4) is 0 Å². The van der Waals surface area contributed by atoms with Crippen molar-refractivity contribution < 1.29 is 0 Å². The molecule has 1 fully saturated rings. The SMILES string of the molecule is O=c1ccc(N2CCN(Cc3ccc4nccnc4c3)CC2)n[nH]1. The zero-order valence-electron chi connectivity index (χ0n) is 13.2. The van der Waals surface area contributed by atoms with Gasteiger partial charge in [-0.05, 0) is 23.8 Å². The molecule has 4 rings (SSSR count). The lowest BCUT2D eigenvalue weighted by atomic mass is 10.1. The summed E-state index contributed by atoms with van der Waals surface area (Å²) in [6.07, 6.45) is 3.44. The van der Waals surface area contributed by atoms with Gasteiger partial charge in [0.05, 0.1) is 11.0 Å². The molecule has 0 atom stereocenters. The summed E-state index contributed by atoms with van der Waals surface area (Å²) in [5.74, 6) is 0.829. The number of anilines is 1. The minimum atomic E-state index is -0.170. The fourth-order valence-corrected chi connectivity index (χ4v) is 3.01. The van der Waals surface area contributed by atoms with E-state index in [1.165, 1.54) is 11.6 Å². The minimum Gasteiger partial charge on any atom is -0.353 e. The number of hydrogen-bond donors (Lipinski definition) is 1. The van der Waals surface area contributed by atoms with E-state index in [0.717, 1.165) is 49.6 Å². The summed E-state index contributed by atoms with van der Waals surface area (Å²) in [6.45, 7) is 4.61. The molecule has 1 aromatic carbocycles. The topological polar surface area (TPSA) is 78.0 Å². The van der Waals surface area contributed by atoms with E-state index >= 15 is 0 Å². The minimum absolute atomic E-state index is 0.170. The van der Waals surface area contributed by atoms with Crippen molar-refractivity contribution in [2.45, 2.75) is 6.54 Å². The Morgan fingerprint density at radius 3 is 2.50 bits per heavy atom. The molecule has 3 aromatic rings. The van der Waals surface area contributed by atoms with Gasteiger partial charge in [0.25, 0.3) is 5.56 Å². The van der Waals surface area contributed by atoms with Crippen LogP contribution in [0.5, 0.6) is 0 Å². The van der Waals surface area contributed by atoms with Crippen LogP contribution in [0.15, 0.2) is 47.5 Å². The van der Waals surface area contributed by atoms with Gasteiger partial charge in [-0.2, -0.15) is 5.10 Å². The second kappa shape index (κ2) is 6.37. The van der Waals surface area contributed by atoms with Gasteiger partial charge in [-0.15, -0.1) is 0 Å². The zero-order chi connectivity index (χ0) is 16.4. The number of piperazine rings is 1. The van der Waals surface area contributed by atoms with Crippen LogP contribution in [0.25, 0.3) is 11.0 Å². The molecule has 24 heavy (non-hydrogen) atoms. The molecule has 0 aliphatic carbocycles. The molecule has 0 saturated carbocycles. The highest BCUT2D eigenvalue weighted by molar-refractivity contribution is 5.74. The van der Waals surface area contributed by atoms with Gasteiger partial charge in [0.2, 0.25) is 0 Å². The number of hydrogen-bond acceptors (Lipinski definition) is 6. The highest BCUT2D eigenvalue weighted by Gasteiger charge is 2.18. The number of fused-ring (bicyclic) bond motifs is 1. The van der Waals surface area contributed by atoms with Crippen LogP contribution < -0.4 is 10.5 Å². The third-order valence-corrected chi connectivity index (χ3v) is 4.30. The first kappa shape index (κ1) is 14.8. The maximum atomic E-state index is 11.1. The summed E-state index contributed by atoms with van der Waals surface area (Å²) >= 11 is 0. The van der Waals surface area contributed by atoms with Crippen LogP contribution >= 0.6 is 0 Å². The van der Waals surface area contributed by atoms with E-state index in [0.29, 0.717) is 0 Å². The molecule has 1 aliphatic heterocycles. The summed E-state index contributed by atoms with van der Waals surface area (Å²) < 4.78 is 0. The lowest BCUT2D eigenvalue weighted by Crippen LogP contribution is -2.46. The molecule has 1 saturated heterocycles. The standard InChI is InChI=1S/C17H18N6O/c24-17-4-3-16(20-21-17)23-9-7-22(8-10-23)12-13-1-2-14-15(11-13)19-6-5-18-14/h1-6,11H,7-10,12H2,(H,21,24). The maximum Gasteiger partial charge on any atom is 0.264 e. The van der Waals surface area contributed by atoms with Crippen molar-refractivity contribution in [2.24, 2.45) is 0 Å². The monoisotopic (exact) mass is 322 g/mol. The fraction of sp³-hybridized carbons (Fsp3) is 0.294. The van der Waals surface area contributed by atoms with Gasteiger partial charge >= 0.3 is 0 Å². The number of benzene rings is 1. The predicted octanol–water partition coefficient (Wildman–Crippen LogP) is 1.04. The van der Waals surface area contributed by atoms with E-state index in [2.05, 4.69) is 42.1 Å². The van der Waals surface area contributed by atoms with Crippen molar-refractivity contribution in [1.82, 2.24) is 25.1 Å². The molecule has 7 heteroatoms. The molecule has 0 amide bonds. The Bertz CT molecular complexity index is 880. The van der Waals surface area contributed by atoms with Gasteiger partial charge in [-0.1, -0.05) is 6.07 Å². The average molecular weight is 322 g/mol. The van der Waals surface area contributed by atoms with Gasteiger partial charge in [0.1, 0.15) is 5.82 Å². The molecule has 3 heterocycles. The molecular weight excluding hydrogens is 304 g/mol. The second-order valence-electron chi connectivity index (χ2n) is 5.92. The van der Waals surface area contributed by atoms with Gasteiger partial charge in [-0.25, -0.2) is 5.10 Å². The summed E-state index contributed by atoms with van der Waals surface area (Å²) in [4.78, 5) is 24.4. The van der Waals surface area contributed by atoms with Crippen molar-refractivity contribution >= 4 is 16.9 Å². The first-order chi connectivity index (χ1) is 11.8. The molecule has 0 unspecified atom stereocenters. The van der Waals surface area contributed by atoms with Crippen LogP contribution in [0.1, 0.15) is 5.56 Å². The quantitative estimate of drug-likeness (QED) is 0.776. The van der Waals surface area contributed by atoms with Gasteiger partial charge in [-0.3, -0.25) is 19.7 Å². The fourth-order valence-electron chi connectivity index (χ4n) is 3.01. The van der Waals surface area contributed by atoms with Crippen LogP contribution in [-0.4, -0.2) is 51.2 Å². The van der Waals surface area contributed by atoms with Gasteiger partial charge < -0.3 is 4.90 Å². The number of aromatic amines is 1. The molecular formula is C17H18N6O. The van der Waals surface area contributed by atoms with E-state index in [4.69, 9.17) is 0 Å². The normalized spacial score (nSPS) is 15.8. The molecule has 1 N–H and O–H groups in total. The highest BCUT2D eigenvalue weighted by atomic mass is 16.1. The Kier molecular flexibility index (Phi) is 3.92. The van der Waals surface area contributed by atoms with Gasteiger partial charge in [0, 0.05) is 51.2 Å².